The van der Waals surface area contributed by atoms with E-state index in [-0.39, 0.29) is 0 Å². The van der Waals surface area contributed by atoms with E-state index in [2.05, 4.69) is 169 Å². The molecule has 6 aromatic carbocycles. The maximum atomic E-state index is 6.46. The molecule has 3 aliphatic carbocycles. The van der Waals surface area contributed by atoms with Crippen molar-refractivity contribution in [3.63, 3.8) is 0 Å². The summed E-state index contributed by atoms with van der Waals surface area (Å²) in [5.41, 5.74) is 17.8. The van der Waals surface area contributed by atoms with Crippen molar-refractivity contribution in [1.29, 1.82) is 0 Å². The van der Waals surface area contributed by atoms with Gasteiger partial charge in [-0.05, 0) is 106 Å². The van der Waals surface area contributed by atoms with Gasteiger partial charge in [0.15, 0.2) is 0 Å². The Morgan fingerprint density at radius 2 is 1.44 bits per heavy atom. The Morgan fingerprint density at radius 1 is 0.635 bits per heavy atom. The Labute approximate surface area is 304 Å². The summed E-state index contributed by atoms with van der Waals surface area (Å²) >= 11 is 0. The van der Waals surface area contributed by atoms with Gasteiger partial charge in [0.1, 0.15) is 11.2 Å². The van der Waals surface area contributed by atoms with Crippen LogP contribution in [-0.4, -0.2) is 0 Å². The lowest BCUT2D eigenvalue weighted by Gasteiger charge is -2.39. The third-order valence-electron chi connectivity index (χ3n) is 11.9. The topological polar surface area (TPSA) is 16.4 Å². The lowest BCUT2D eigenvalue weighted by Crippen LogP contribution is -2.24. The van der Waals surface area contributed by atoms with E-state index in [9.17, 15) is 0 Å². The molecule has 0 spiro atoms. The standard InChI is InChI=1S/C50H37NO/c1-2-13-32(14-3-1)48-39-17-4-6-19-41(39)49(42-20-7-5-18-40(42)48)33-25-28-35(29-26-33)51-45-23-10-8-15-37(45)44-31-34(27-30-46(44)51)36-21-12-22-43-38-16-9-11-24-47(38)52-50(36)43/h1-6,8-14,16-19,21-31,37,42,49H,7,15,20H2. The summed E-state index contributed by atoms with van der Waals surface area (Å²) < 4.78 is 6.46. The van der Waals surface area contributed by atoms with E-state index < -0.39 is 0 Å². The molecule has 0 amide bonds. The summed E-state index contributed by atoms with van der Waals surface area (Å²) in [5, 5.41) is 2.33. The number of furan rings is 1. The van der Waals surface area contributed by atoms with Crippen LogP contribution < -0.4 is 4.90 Å². The van der Waals surface area contributed by atoms with Crippen LogP contribution in [0.5, 0.6) is 0 Å². The van der Waals surface area contributed by atoms with Crippen LogP contribution in [0.4, 0.5) is 11.4 Å². The maximum Gasteiger partial charge on any atom is 0.143 e. The summed E-state index contributed by atoms with van der Waals surface area (Å²) in [6.45, 7) is 0. The third-order valence-corrected chi connectivity index (χ3v) is 11.9. The van der Waals surface area contributed by atoms with Gasteiger partial charge >= 0.3 is 0 Å². The largest absolute Gasteiger partial charge is 0.455 e. The Balaban J connectivity index is 0.990. The second-order valence-electron chi connectivity index (χ2n) is 14.6. The lowest BCUT2D eigenvalue weighted by atomic mass is 9.65. The molecule has 248 valence electrons. The molecule has 7 aromatic rings. The molecule has 2 nitrogen and oxygen atoms in total. The second-order valence-corrected chi connectivity index (χ2v) is 14.6. The summed E-state index contributed by atoms with van der Waals surface area (Å²) in [7, 11) is 0. The van der Waals surface area contributed by atoms with E-state index in [1.807, 2.05) is 6.07 Å². The zero-order chi connectivity index (χ0) is 34.2. The molecule has 0 saturated carbocycles. The zero-order valence-corrected chi connectivity index (χ0v) is 28.9. The van der Waals surface area contributed by atoms with Gasteiger partial charge in [-0.15, -0.1) is 0 Å². The average molecular weight is 668 g/mol. The van der Waals surface area contributed by atoms with E-state index in [4.69, 9.17) is 4.42 Å². The van der Waals surface area contributed by atoms with Crippen LogP contribution >= 0.6 is 0 Å². The second kappa shape index (κ2) is 11.7. The summed E-state index contributed by atoms with van der Waals surface area (Å²) in [4.78, 5) is 2.50. The zero-order valence-electron chi connectivity index (χ0n) is 28.9. The van der Waals surface area contributed by atoms with Gasteiger partial charge in [0.05, 0.1) is 0 Å². The van der Waals surface area contributed by atoms with Gasteiger partial charge in [-0.1, -0.05) is 133 Å². The fourth-order valence-electron chi connectivity index (χ4n) is 9.66. The first-order valence-corrected chi connectivity index (χ1v) is 18.7. The van der Waals surface area contributed by atoms with Crippen LogP contribution in [0.3, 0.4) is 0 Å². The number of hydrogen-bond acceptors (Lipinski definition) is 2. The van der Waals surface area contributed by atoms with E-state index in [1.54, 1.807) is 0 Å². The minimum atomic E-state index is 0.316. The summed E-state index contributed by atoms with van der Waals surface area (Å²) in [6.07, 6.45) is 14.9. The monoisotopic (exact) mass is 667 g/mol. The molecule has 1 aromatic heterocycles. The van der Waals surface area contributed by atoms with E-state index >= 15 is 0 Å². The number of para-hydroxylation sites is 2. The van der Waals surface area contributed by atoms with E-state index in [0.717, 1.165) is 36.0 Å². The predicted molar refractivity (Wildman–Crippen MR) is 215 cm³/mol. The SMILES string of the molecule is C1=CCC2C(=C1)N(c1ccc(C3c4ccccc4C(c4ccccc4)=C4C=CCCC43)cc1)c1ccc(-c3cccc4c3oc3ccccc34)cc12. The van der Waals surface area contributed by atoms with Gasteiger partial charge in [-0.25, -0.2) is 0 Å². The highest BCUT2D eigenvalue weighted by Crippen LogP contribution is 2.54. The quantitative estimate of drug-likeness (QED) is 0.186. The van der Waals surface area contributed by atoms with Crippen molar-refractivity contribution >= 4 is 38.9 Å². The minimum Gasteiger partial charge on any atom is -0.455 e. The number of fused-ring (bicyclic) bond motifs is 8. The summed E-state index contributed by atoms with van der Waals surface area (Å²) in [6, 6.07) is 51.5. The number of hydrogen-bond donors (Lipinski definition) is 0. The van der Waals surface area contributed by atoms with Gasteiger partial charge < -0.3 is 9.32 Å². The van der Waals surface area contributed by atoms with Gasteiger partial charge in [0, 0.05) is 45.2 Å². The highest BCUT2D eigenvalue weighted by Gasteiger charge is 2.38. The molecule has 11 rings (SSSR count). The molecule has 0 fully saturated rings. The number of nitrogens with zero attached hydrogens (tertiary/aromatic N) is 1. The first kappa shape index (κ1) is 29.6. The van der Waals surface area contributed by atoms with Crippen LogP contribution in [0.1, 0.15) is 58.9 Å². The van der Waals surface area contributed by atoms with Crippen molar-refractivity contribution in [3.05, 3.63) is 209 Å². The van der Waals surface area contributed by atoms with Crippen LogP contribution in [-0.2, 0) is 0 Å². The van der Waals surface area contributed by atoms with Crippen molar-refractivity contribution in [2.24, 2.45) is 5.92 Å². The number of allylic oxidation sites excluding steroid dienone is 7. The van der Waals surface area contributed by atoms with Crippen molar-refractivity contribution in [1.82, 2.24) is 0 Å². The van der Waals surface area contributed by atoms with Crippen molar-refractivity contribution in [3.8, 4) is 11.1 Å². The first-order valence-electron chi connectivity index (χ1n) is 18.7. The molecule has 0 saturated heterocycles. The number of benzene rings is 6. The molecule has 2 heteroatoms. The van der Waals surface area contributed by atoms with Crippen molar-refractivity contribution in [2.45, 2.75) is 31.1 Å². The molecule has 0 bridgehead atoms. The third kappa shape index (κ3) is 4.43. The molecular formula is C50H37NO. The normalized spacial score (nSPS) is 20.1. The molecule has 0 N–H and O–H groups in total. The Kier molecular flexibility index (Phi) is 6.67. The van der Waals surface area contributed by atoms with E-state index in [1.165, 1.54) is 72.4 Å². The van der Waals surface area contributed by atoms with Crippen LogP contribution in [0.25, 0.3) is 38.6 Å². The fraction of sp³-hybridized carbons (Fsp3) is 0.120. The number of rotatable bonds is 4. The molecule has 4 aliphatic rings. The van der Waals surface area contributed by atoms with E-state index in [0.29, 0.717) is 17.8 Å². The smallest absolute Gasteiger partial charge is 0.143 e. The molecule has 2 heterocycles. The molecule has 1 aliphatic heterocycles. The van der Waals surface area contributed by atoms with Crippen molar-refractivity contribution in [2.75, 3.05) is 4.90 Å². The van der Waals surface area contributed by atoms with Gasteiger partial charge in [-0.3, -0.25) is 0 Å². The lowest BCUT2D eigenvalue weighted by molar-refractivity contribution is 0.496. The first-order chi connectivity index (χ1) is 25.8. The van der Waals surface area contributed by atoms with Crippen LogP contribution in [0.15, 0.2) is 186 Å². The molecule has 3 unspecified atom stereocenters. The molecular weight excluding hydrogens is 631 g/mol. The van der Waals surface area contributed by atoms with Crippen LogP contribution in [0, 0.1) is 5.92 Å². The molecule has 52 heavy (non-hydrogen) atoms. The molecule has 3 atom stereocenters. The highest BCUT2D eigenvalue weighted by atomic mass is 16.3. The van der Waals surface area contributed by atoms with Crippen LogP contribution in [0.2, 0.25) is 0 Å². The predicted octanol–water partition coefficient (Wildman–Crippen LogP) is 13.2. The van der Waals surface area contributed by atoms with Gasteiger partial charge in [0.2, 0.25) is 0 Å². The van der Waals surface area contributed by atoms with Gasteiger partial charge in [-0.2, -0.15) is 0 Å². The van der Waals surface area contributed by atoms with Crippen molar-refractivity contribution < 1.29 is 4.42 Å². The summed E-state index contributed by atoms with van der Waals surface area (Å²) in [5.74, 6) is 1.08. The maximum absolute atomic E-state index is 6.46. The molecule has 0 radical (unpaired) electrons. The minimum absolute atomic E-state index is 0.316. The number of anilines is 2. The fourth-order valence-corrected chi connectivity index (χ4v) is 9.66. The Morgan fingerprint density at radius 3 is 2.37 bits per heavy atom. The highest BCUT2D eigenvalue weighted by molar-refractivity contribution is 6.09. The average Bonchev–Trinajstić information content (AvgIpc) is 3.76. The Hall–Kier alpha value is -6.12. The Bertz CT molecular complexity index is 2670. The van der Waals surface area contributed by atoms with Gasteiger partial charge in [0.25, 0.3) is 0 Å².